The molecule has 2 aliphatic rings. The average molecular weight is 404 g/mol. The van der Waals surface area contributed by atoms with Gasteiger partial charge in [0.2, 0.25) is 23.5 Å². The van der Waals surface area contributed by atoms with E-state index in [2.05, 4.69) is 15.0 Å². The van der Waals surface area contributed by atoms with E-state index in [0.29, 0.717) is 50.7 Å². The van der Waals surface area contributed by atoms with Crippen LogP contribution in [0.25, 0.3) is 10.7 Å². The highest BCUT2D eigenvalue weighted by Crippen LogP contribution is 2.25. The van der Waals surface area contributed by atoms with Gasteiger partial charge in [0.05, 0.1) is 17.3 Å². The van der Waals surface area contributed by atoms with Crippen molar-refractivity contribution < 1.29 is 14.1 Å². The molecule has 4 rings (SSSR count). The summed E-state index contributed by atoms with van der Waals surface area (Å²) in [5, 5.41) is 6.04. The van der Waals surface area contributed by atoms with Crippen molar-refractivity contribution in [3.05, 3.63) is 23.4 Å². The number of nitrogens with zero attached hydrogens (tertiary/aromatic N) is 4. The lowest BCUT2D eigenvalue weighted by molar-refractivity contribution is -0.140. The summed E-state index contributed by atoms with van der Waals surface area (Å²) < 4.78 is 5.40. The number of hydrogen-bond acceptors (Lipinski definition) is 7. The molecule has 9 heteroatoms. The smallest absolute Gasteiger partial charge is 0.241 e. The minimum Gasteiger partial charge on any atom is -0.369 e. The lowest BCUT2D eigenvalue weighted by atomic mass is 9.92. The molecule has 4 heterocycles. The van der Waals surface area contributed by atoms with E-state index in [1.165, 1.54) is 0 Å². The summed E-state index contributed by atoms with van der Waals surface area (Å²) in [5.41, 5.74) is 5.39. The van der Waals surface area contributed by atoms with E-state index >= 15 is 0 Å². The molecule has 2 amide bonds. The van der Waals surface area contributed by atoms with Crippen LogP contribution in [0.15, 0.2) is 22.0 Å². The first-order valence-corrected chi connectivity index (χ1v) is 10.6. The molecule has 0 radical (unpaired) electrons. The third kappa shape index (κ3) is 4.25. The van der Waals surface area contributed by atoms with E-state index in [0.717, 1.165) is 24.3 Å². The van der Waals surface area contributed by atoms with Gasteiger partial charge in [0, 0.05) is 25.6 Å². The van der Waals surface area contributed by atoms with Gasteiger partial charge in [-0.3, -0.25) is 14.5 Å². The summed E-state index contributed by atoms with van der Waals surface area (Å²) in [6.45, 7) is 3.43. The predicted molar refractivity (Wildman–Crippen MR) is 104 cm³/mol. The third-order valence-electron chi connectivity index (χ3n) is 5.63. The number of hydrogen-bond donors (Lipinski definition) is 1. The first kappa shape index (κ1) is 19.1. The van der Waals surface area contributed by atoms with Crippen LogP contribution in [0.4, 0.5) is 0 Å². The number of rotatable bonds is 5. The summed E-state index contributed by atoms with van der Waals surface area (Å²) in [5.74, 6) is 1.03. The molecule has 2 aromatic rings. The standard InChI is InChI=1S/C19H25N5O3S/c20-17(25)13-5-8-24(9-6-13)19(26)14-3-1-7-23(11-14)12-16-21-18(22-27-16)15-4-2-10-28-15/h2,4,10,13-14H,1,3,5-9,11-12H2,(H2,20,25). The van der Waals surface area contributed by atoms with Crippen LogP contribution in [0.3, 0.4) is 0 Å². The summed E-state index contributed by atoms with van der Waals surface area (Å²) in [6, 6.07) is 3.93. The fraction of sp³-hybridized carbons (Fsp3) is 0.579. The highest BCUT2D eigenvalue weighted by molar-refractivity contribution is 7.13. The van der Waals surface area contributed by atoms with Gasteiger partial charge in [0.1, 0.15) is 0 Å². The molecule has 0 saturated carbocycles. The molecular weight excluding hydrogens is 378 g/mol. The number of aromatic nitrogens is 2. The van der Waals surface area contributed by atoms with Gasteiger partial charge in [-0.25, -0.2) is 0 Å². The normalized spacial score (nSPS) is 21.7. The molecular formula is C19H25N5O3S. The topological polar surface area (TPSA) is 106 Å². The largest absolute Gasteiger partial charge is 0.369 e. The highest BCUT2D eigenvalue weighted by Gasteiger charge is 2.33. The molecule has 0 bridgehead atoms. The van der Waals surface area contributed by atoms with Gasteiger partial charge in [0.25, 0.3) is 0 Å². The maximum Gasteiger partial charge on any atom is 0.241 e. The second-order valence-electron chi connectivity index (χ2n) is 7.57. The van der Waals surface area contributed by atoms with Crippen molar-refractivity contribution in [3.8, 4) is 10.7 Å². The SMILES string of the molecule is NC(=O)C1CCN(C(=O)C2CCCN(Cc3nc(-c4cccs4)no3)C2)CC1. The maximum atomic E-state index is 12.9. The molecule has 150 valence electrons. The van der Waals surface area contributed by atoms with Crippen molar-refractivity contribution in [2.75, 3.05) is 26.2 Å². The van der Waals surface area contributed by atoms with Crippen molar-refractivity contribution in [1.82, 2.24) is 19.9 Å². The zero-order valence-corrected chi connectivity index (χ0v) is 16.6. The van der Waals surface area contributed by atoms with Crippen molar-refractivity contribution in [2.45, 2.75) is 32.2 Å². The van der Waals surface area contributed by atoms with Crippen molar-refractivity contribution in [2.24, 2.45) is 17.6 Å². The highest BCUT2D eigenvalue weighted by atomic mass is 32.1. The molecule has 2 aromatic heterocycles. The number of amides is 2. The van der Waals surface area contributed by atoms with Crippen LogP contribution < -0.4 is 5.73 Å². The molecule has 8 nitrogen and oxygen atoms in total. The van der Waals surface area contributed by atoms with Crippen LogP contribution in [0, 0.1) is 11.8 Å². The molecule has 2 fully saturated rings. The Morgan fingerprint density at radius 3 is 2.75 bits per heavy atom. The first-order valence-electron chi connectivity index (χ1n) is 9.77. The number of piperidine rings is 2. The Hall–Kier alpha value is -2.26. The molecule has 1 atom stereocenters. The van der Waals surface area contributed by atoms with E-state index in [-0.39, 0.29) is 23.7 Å². The Balaban J connectivity index is 1.32. The molecule has 1 unspecified atom stereocenters. The van der Waals surface area contributed by atoms with Gasteiger partial charge in [-0.2, -0.15) is 4.98 Å². The number of primary amides is 1. The van der Waals surface area contributed by atoms with Crippen molar-refractivity contribution >= 4 is 23.2 Å². The Bertz CT molecular complexity index is 813. The molecule has 2 saturated heterocycles. The number of thiophene rings is 1. The van der Waals surface area contributed by atoms with Gasteiger partial charge < -0.3 is 15.2 Å². The number of carbonyl (C=O) groups excluding carboxylic acids is 2. The van der Waals surface area contributed by atoms with Crippen LogP contribution in [0.2, 0.25) is 0 Å². The predicted octanol–water partition coefficient (Wildman–Crippen LogP) is 1.73. The van der Waals surface area contributed by atoms with Gasteiger partial charge in [0.15, 0.2) is 0 Å². The third-order valence-corrected chi connectivity index (χ3v) is 6.50. The van der Waals surface area contributed by atoms with E-state index in [9.17, 15) is 9.59 Å². The molecule has 0 spiro atoms. The summed E-state index contributed by atoms with van der Waals surface area (Å²) in [4.78, 5) is 33.8. The Labute approximate surface area is 167 Å². The van der Waals surface area contributed by atoms with Crippen molar-refractivity contribution in [1.29, 1.82) is 0 Å². The maximum absolute atomic E-state index is 12.9. The van der Waals surface area contributed by atoms with Crippen LogP contribution in [-0.4, -0.2) is 57.9 Å². The molecule has 28 heavy (non-hydrogen) atoms. The number of nitrogens with two attached hydrogens (primary N) is 1. The minimum atomic E-state index is -0.252. The van der Waals surface area contributed by atoms with Gasteiger partial charge in [-0.15, -0.1) is 11.3 Å². The minimum absolute atomic E-state index is 0.0152. The lowest BCUT2D eigenvalue weighted by Gasteiger charge is -2.37. The molecule has 2 N–H and O–H groups in total. The van der Waals surface area contributed by atoms with Crippen LogP contribution >= 0.6 is 11.3 Å². The van der Waals surface area contributed by atoms with Gasteiger partial charge in [-0.1, -0.05) is 11.2 Å². The fourth-order valence-corrected chi connectivity index (χ4v) is 4.71. The monoisotopic (exact) mass is 403 g/mol. The van der Waals surface area contributed by atoms with Crippen molar-refractivity contribution in [3.63, 3.8) is 0 Å². The van der Waals surface area contributed by atoms with E-state index in [1.807, 2.05) is 22.4 Å². The average Bonchev–Trinajstić information content (AvgIpc) is 3.39. The fourth-order valence-electron chi connectivity index (χ4n) is 4.06. The second kappa shape index (κ2) is 8.40. The van der Waals surface area contributed by atoms with E-state index < -0.39 is 0 Å². The Kier molecular flexibility index (Phi) is 5.72. The molecule has 2 aliphatic heterocycles. The van der Waals surface area contributed by atoms with Crippen LogP contribution in [-0.2, 0) is 16.1 Å². The van der Waals surface area contributed by atoms with Crippen LogP contribution in [0.5, 0.6) is 0 Å². The zero-order chi connectivity index (χ0) is 19.5. The number of carbonyl (C=O) groups is 2. The quantitative estimate of drug-likeness (QED) is 0.815. The van der Waals surface area contributed by atoms with Crippen LogP contribution in [0.1, 0.15) is 31.6 Å². The zero-order valence-electron chi connectivity index (χ0n) is 15.7. The van der Waals surface area contributed by atoms with E-state index in [4.69, 9.17) is 10.3 Å². The van der Waals surface area contributed by atoms with E-state index in [1.54, 1.807) is 11.3 Å². The Morgan fingerprint density at radius 1 is 1.21 bits per heavy atom. The summed E-state index contributed by atoms with van der Waals surface area (Å²) in [7, 11) is 0. The molecule has 0 aliphatic carbocycles. The second-order valence-corrected chi connectivity index (χ2v) is 8.51. The van der Waals surface area contributed by atoms with Gasteiger partial charge in [-0.05, 0) is 43.7 Å². The number of likely N-dealkylation sites (tertiary alicyclic amines) is 2. The summed E-state index contributed by atoms with van der Waals surface area (Å²) >= 11 is 1.58. The Morgan fingerprint density at radius 2 is 2.04 bits per heavy atom. The molecule has 0 aromatic carbocycles. The summed E-state index contributed by atoms with van der Waals surface area (Å²) in [6.07, 6.45) is 3.21. The first-order chi connectivity index (χ1) is 13.6. The van der Waals surface area contributed by atoms with Gasteiger partial charge >= 0.3 is 0 Å². The lowest BCUT2D eigenvalue weighted by Crippen LogP contribution is -2.48.